The molecule has 0 heterocycles. The molecule has 1 unspecified atom stereocenters. The topological polar surface area (TPSA) is 75.6 Å². The van der Waals surface area contributed by atoms with Gasteiger partial charge < -0.3 is 15.2 Å². The fourth-order valence-electron chi connectivity index (χ4n) is 2.51. The van der Waals surface area contributed by atoms with Gasteiger partial charge in [0.15, 0.2) is 0 Å². The third-order valence-corrected chi connectivity index (χ3v) is 4.31. The molecule has 0 spiro atoms. The molecule has 2 N–H and O–H groups in total. The summed E-state index contributed by atoms with van der Waals surface area (Å²) >= 11 is 0. The predicted octanol–water partition coefficient (Wildman–Crippen LogP) is 3.45. The third-order valence-electron chi connectivity index (χ3n) is 4.31. The van der Waals surface area contributed by atoms with Crippen molar-refractivity contribution in [3.63, 3.8) is 0 Å². The first-order valence-electron chi connectivity index (χ1n) is 7.75. The molecule has 1 aromatic carbocycles. The summed E-state index contributed by atoms with van der Waals surface area (Å²) < 4.78 is 5.67. The largest absolute Gasteiger partial charge is 0.491 e. The monoisotopic (exact) mass is 305 g/mol. The number of rotatable bonds is 7. The number of hydrogen-bond donors (Lipinski definition) is 2. The lowest BCUT2D eigenvalue weighted by atomic mass is 9.66. The molecule has 1 saturated carbocycles. The van der Waals surface area contributed by atoms with Crippen LogP contribution in [0.2, 0.25) is 0 Å². The van der Waals surface area contributed by atoms with E-state index in [1.807, 2.05) is 6.92 Å². The minimum absolute atomic E-state index is 0.0352. The van der Waals surface area contributed by atoms with E-state index in [1.54, 1.807) is 24.3 Å². The number of carboxylic acids is 1. The zero-order chi connectivity index (χ0) is 16.2. The lowest BCUT2D eigenvalue weighted by Crippen LogP contribution is -2.41. The van der Waals surface area contributed by atoms with Gasteiger partial charge in [0.1, 0.15) is 5.75 Å². The Hall–Kier alpha value is -2.04. The number of anilines is 1. The predicted molar refractivity (Wildman–Crippen MR) is 84.0 cm³/mol. The quantitative estimate of drug-likeness (QED) is 0.809. The molecule has 2 rings (SSSR count). The van der Waals surface area contributed by atoms with Crippen molar-refractivity contribution in [3.8, 4) is 5.75 Å². The first-order chi connectivity index (χ1) is 10.4. The molecular formula is C17H23NO4. The van der Waals surface area contributed by atoms with Gasteiger partial charge >= 0.3 is 5.97 Å². The smallest absolute Gasteiger partial charge is 0.310 e. The van der Waals surface area contributed by atoms with E-state index in [4.69, 9.17) is 4.74 Å². The fourth-order valence-corrected chi connectivity index (χ4v) is 2.51. The normalized spacial score (nSPS) is 17.2. The highest BCUT2D eigenvalue weighted by Gasteiger charge is 2.45. The molecule has 120 valence electrons. The van der Waals surface area contributed by atoms with E-state index in [0.717, 1.165) is 18.6 Å². The fraction of sp³-hybridized carbons (Fsp3) is 0.529. The van der Waals surface area contributed by atoms with Gasteiger partial charge in [0.2, 0.25) is 5.91 Å². The minimum atomic E-state index is -0.869. The van der Waals surface area contributed by atoms with Crippen molar-refractivity contribution in [2.75, 3.05) is 5.32 Å². The van der Waals surface area contributed by atoms with Crippen LogP contribution in [0.3, 0.4) is 0 Å². The molecule has 1 fully saturated rings. The Kier molecular flexibility index (Phi) is 5.06. The lowest BCUT2D eigenvalue weighted by molar-refractivity contribution is -0.157. The van der Waals surface area contributed by atoms with Crippen molar-refractivity contribution in [3.05, 3.63) is 24.3 Å². The third kappa shape index (κ3) is 3.78. The SMILES string of the molecule is CCC(C)Oc1ccc(NC(=O)CC2(C(=O)O)CCC2)cc1. The van der Waals surface area contributed by atoms with Gasteiger partial charge in [-0.1, -0.05) is 13.3 Å². The number of hydrogen-bond acceptors (Lipinski definition) is 3. The molecule has 0 radical (unpaired) electrons. The van der Waals surface area contributed by atoms with Crippen molar-refractivity contribution in [1.82, 2.24) is 0 Å². The van der Waals surface area contributed by atoms with Crippen LogP contribution in [-0.2, 0) is 9.59 Å². The van der Waals surface area contributed by atoms with E-state index in [9.17, 15) is 14.7 Å². The molecule has 1 aromatic rings. The van der Waals surface area contributed by atoms with E-state index < -0.39 is 11.4 Å². The van der Waals surface area contributed by atoms with Gasteiger partial charge in [0, 0.05) is 12.1 Å². The summed E-state index contributed by atoms with van der Waals surface area (Å²) in [5.41, 5.74) is -0.203. The number of ether oxygens (including phenoxy) is 1. The van der Waals surface area contributed by atoms with Gasteiger partial charge in [-0.3, -0.25) is 9.59 Å². The molecule has 0 aromatic heterocycles. The van der Waals surface area contributed by atoms with Crippen LogP contribution in [-0.4, -0.2) is 23.1 Å². The Morgan fingerprint density at radius 1 is 1.32 bits per heavy atom. The average molecular weight is 305 g/mol. The second-order valence-corrected chi connectivity index (χ2v) is 6.03. The number of nitrogens with one attached hydrogen (secondary N) is 1. The van der Waals surface area contributed by atoms with Crippen LogP contribution in [0, 0.1) is 5.41 Å². The van der Waals surface area contributed by atoms with E-state index in [1.165, 1.54) is 0 Å². The molecule has 5 heteroatoms. The zero-order valence-electron chi connectivity index (χ0n) is 13.1. The van der Waals surface area contributed by atoms with Crippen LogP contribution >= 0.6 is 0 Å². The minimum Gasteiger partial charge on any atom is -0.491 e. The summed E-state index contributed by atoms with van der Waals surface area (Å²) in [7, 11) is 0. The second kappa shape index (κ2) is 6.81. The van der Waals surface area contributed by atoms with Gasteiger partial charge in [-0.2, -0.15) is 0 Å². The summed E-state index contributed by atoms with van der Waals surface area (Å²) in [5.74, 6) is -0.364. The highest BCUT2D eigenvalue weighted by atomic mass is 16.5. The molecule has 1 aliphatic rings. The number of amides is 1. The number of carbonyl (C=O) groups excluding carboxylic acids is 1. The van der Waals surface area contributed by atoms with E-state index >= 15 is 0 Å². The van der Waals surface area contributed by atoms with Crippen molar-refractivity contribution in [2.24, 2.45) is 5.41 Å². The Labute approximate surface area is 130 Å². The number of carboxylic acid groups (broad SMARTS) is 1. The molecule has 0 bridgehead atoms. The van der Waals surface area contributed by atoms with E-state index in [2.05, 4.69) is 12.2 Å². The van der Waals surface area contributed by atoms with Crippen LogP contribution in [0.1, 0.15) is 46.0 Å². The zero-order valence-corrected chi connectivity index (χ0v) is 13.1. The number of carbonyl (C=O) groups is 2. The molecule has 22 heavy (non-hydrogen) atoms. The van der Waals surface area contributed by atoms with Crippen LogP contribution in [0.4, 0.5) is 5.69 Å². The highest BCUT2D eigenvalue weighted by Crippen LogP contribution is 2.44. The maximum Gasteiger partial charge on any atom is 0.310 e. The van der Waals surface area contributed by atoms with E-state index in [-0.39, 0.29) is 18.4 Å². The molecule has 0 saturated heterocycles. The van der Waals surface area contributed by atoms with Crippen molar-refractivity contribution < 1.29 is 19.4 Å². The van der Waals surface area contributed by atoms with Crippen molar-refractivity contribution >= 4 is 17.6 Å². The Balaban J connectivity index is 1.90. The lowest BCUT2D eigenvalue weighted by Gasteiger charge is -2.36. The van der Waals surface area contributed by atoms with Crippen LogP contribution in [0.15, 0.2) is 24.3 Å². The van der Waals surface area contributed by atoms with Crippen LogP contribution in [0.25, 0.3) is 0 Å². The molecule has 1 aliphatic carbocycles. The van der Waals surface area contributed by atoms with Crippen LogP contribution in [0.5, 0.6) is 5.75 Å². The molecule has 1 amide bonds. The van der Waals surface area contributed by atoms with Gasteiger partial charge in [0.05, 0.1) is 11.5 Å². The highest BCUT2D eigenvalue weighted by molar-refractivity contribution is 5.94. The molecule has 5 nitrogen and oxygen atoms in total. The standard InChI is InChI=1S/C17H23NO4/c1-3-12(2)22-14-7-5-13(6-8-14)18-15(19)11-17(16(20)21)9-4-10-17/h5-8,12H,3-4,9-11H2,1-2H3,(H,18,19)(H,20,21). The molecular weight excluding hydrogens is 282 g/mol. The van der Waals surface area contributed by atoms with Gasteiger partial charge in [0.25, 0.3) is 0 Å². The van der Waals surface area contributed by atoms with E-state index in [0.29, 0.717) is 18.5 Å². The Morgan fingerprint density at radius 2 is 1.95 bits per heavy atom. The Bertz CT molecular complexity index is 534. The first-order valence-corrected chi connectivity index (χ1v) is 7.75. The van der Waals surface area contributed by atoms with Crippen molar-refractivity contribution in [2.45, 2.75) is 52.1 Å². The average Bonchev–Trinajstić information content (AvgIpc) is 2.44. The summed E-state index contributed by atoms with van der Waals surface area (Å²) in [6, 6.07) is 7.14. The van der Waals surface area contributed by atoms with Gasteiger partial charge in [-0.25, -0.2) is 0 Å². The summed E-state index contributed by atoms with van der Waals surface area (Å²) in [6.07, 6.45) is 3.15. The van der Waals surface area contributed by atoms with Crippen LogP contribution < -0.4 is 10.1 Å². The van der Waals surface area contributed by atoms with Crippen molar-refractivity contribution in [1.29, 1.82) is 0 Å². The maximum absolute atomic E-state index is 12.0. The summed E-state index contributed by atoms with van der Waals surface area (Å²) in [6.45, 7) is 4.05. The number of benzene rings is 1. The van der Waals surface area contributed by atoms with Gasteiger partial charge in [-0.15, -0.1) is 0 Å². The number of aliphatic carboxylic acids is 1. The van der Waals surface area contributed by atoms with Gasteiger partial charge in [-0.05, 0) is 50.5 Å². The second-order valence-electron chi connectivity index (χ2n) is 6.03. The summed E-state index contributed by atoms with van der Waals surface area (Å²) in [5, 5.41) is 12.0. The summed E-state index contributed by atoms with van der Waals surface area (Å²) in [4.78, 5) is 23.3. The Morgan fingerprint density at radius 3 is 2.41 bits per heavy atom. The molecule has 1 atom stereocenters. The maximum atomic E-state index is 12.0. The first kappa shape index (κ1) is 16.3. The molecule has 0 aliphatic heterocycles.